The minimum Gasteiger partial charge on any atom is -0.496 e. The van der Waals surface area contributed by atoms with E-state index in [0.717, 1.165) is 46.4 Å². The van der Waals surface area contributed by atoms with Gasteiger partial charge in [0.05, 0.1) is 19.6 Å². The fraction of sp³-hybridized carbons (Fsp3) is 0.462. The number of ether oxygens (including phenoxy) is 2. The number of nitrogens with one attached hydrogen (secondary N) is 1. The average molecular weight is 439 g/mol. The Morgan fingerprint density at radius 1 is 1.12 bits per heavy atom. The number of carbonyl (C=O) groups excluding carboxylic acids is 2. The molecule has 0 aromatic heterocycles. The van der Waals surface area contributed by atoms with Gasteiger partial charge in [-0.25, -0.2) is 4.79 Å². The van der Waals surface area contributed by atoms with Crippen molar-refractivity contribution < 1.29 is 19.1 Å². The number of methoxy groups -OCH3 is 1. The third-order valence-corrected chi connectivity index (χ3v) is 5.85. The van der Waals surface area contributed by atoms with E-state index in [0.29, 0.717) is 25.7 Å². The molecule has 0 spiro atoms. The minimum absolute atomic E-state index is 0.0286. The SMILES string of the molecule is CCOC(=O)C(C)c1ccc(OC)c(-c2ccc(C)cc2CN(CC)C(=O)NC2CC2)c1. The number of aryl methyl sites for hydroxylation is 1. The largest absolute Gasteiger partial charge is 0.496 e. The minimum atomic E-state index is -0.384. The summed E-state index contributed by atoms with van der Waals surface area (Å²) in [5.74, 6) is 0.0898. The summed E-state index contributed by atoms with van der Waals surface area (Å²) >= 11 is 0. The number of benzene rings is 2. The van der Waals surface area contributed by atoms with E-state index < -0.39 is 0 Å². The molecule has 1 fully saturated rings. The normalized spacial score (nSPS) is 13.9. The lowest BCUT2D eigenvalue weighted by atomic mass is 9.92. The van der Waals surface area contributed by atoms with Gasteiger partial charge in [0.25, 0.3) is 0 Å². The van der Waals surface area contributed by atoms with Crippen molar-refractivity contribution in [2.24, 2.45) is 0 Å². The Bertz CT molecular complexity index is 968. The standard InChI is InChI=1S/C26H34N2O4/c1-6-28(26(30)27-21-10-11-21)16-20-14-17(3)8-12-22(20)23-15-19(9-13-24(23)31-5)18(4)25(29)32-7-2/h8-9,12-15,18,21H,6-7,10-11,16H2,1-5H3,(H,27,30). The highest BCUT2D eigenvalue weighted by Crippen LogP contribution is 2.36. The molecular formula is C26H34N2O4. The number of nitrogens with zero attached hydrogens (tertiary/aromatic N) is 1. The van der Waals surface area contributed by atoms with E-state index in [1.54, 1.807) is 7.11 Å². The zero-order chi connectivity index (χ0) is 23.3. The molecule has 2 aromatic carbocycles. The van der Waals surface area contributed by atoms with Gasteiger partial charge in [-0.15, -0.1) is 0 Å². The third-order valence-electron chi connectivity index (χ3n) is 5.85. The monoisotopic (exact) mass is 438 g/mol. The number of hydrogen-bond acceptors (Lipinski definition) is 4. The molecule has 0 bridgehead atoms. The molecule has 6 heteroatoms. The van der Waals surface area contributed by atoms with Crippen LogP contribution < -0.4 is 10.1 Å². The quantitative estimate of drug-likeness (QED) is 0.558. The number of urea groups is 1. The zero-order valence-electron chi connectivity index (χ0n) is 19.7. The van der Waals surface area contributed by atoms with E-state index in [2.05, 4.69) is 23.5 Å². The first-order valence-electron chi connectivity index (χ1n) is 11.4. The fourth-order valence-corrected chi connectivity index (χ4v) is 3.75. The highest BCUT2D eigenvalue weighted by molar-refractivity contribution is 5.81. The van der Waals surface area contributed by atoms with Crippen molar-refractivity contribution in [1.29, 1.82) is 0 Å². The van der Waals surface area contributed by atoms with E-state index >= 15 is 0 Å². The summed E-state index contributed by atoms with van der Waals surface area (Å²) < 4.78 is 10.9. The summed E-state index contributed by atoms with van der Waals surface area (Å²) in [4.78, 5) is 26.8. The van der Waals surface area contributed by atoms with Crippen LogP contribution in [0, 0.1) is 6.92 Å². The number of esters is 1. The molecule has 2 aromatic rings. The molecule has 0 heterocycles. The molecule has 172 valence electrons. The van der Waals surface area contributed by atoms with Gasteiger partial charge in [-0.05, 0) is 69.4 Å². The van der Waals surface area contributed by atoms with E-state index in [4.69, 9.17) is 9.47 Å². The molecule has 0 radical (unpaired) electrons. The molecule has 2 amide bonds. The van der Waals surface area contributed by atoms with Crippen molar-refractivity contribution in [3.8, 4) is 16.9 Å². The van der Waals surface area contributed by atoms with Crippen LogP contribution in [0.1, 0.15) is 56.2 Å². The van der Waals surface area contributed by atoms with Crippen LogP contribution in [-0.2, 0) is 16.1 Å². The van der Waals surface area contributed by atoms with Crippen molar-refractivity contribution >= 4 is 12.0 Å². The molecule has 32 heavy (non-hydrogen) atoms. The molecule has 1 atom stereocenters. The van der Waals surface area contributed by atoms with Crippen LogP contribution in [0.3, 0.4) is 0 Å². The smallest absolute Gasteiger partial charge is 0.317 e. The van der Waals surface area contributed by atoms with Gasteiger partial charge in [-0.2, -0.15) is 0 Å². The summed E-state index contributed by atoms with van der Waals surface area (Å²) in [6, 6.07) is 12.3. The lowest BCUT2D eigenvalue weighted by Crippen LogP contribution is -2.40. The Morgan fingerprint density at radius 3 is 2.50 bits per heavy atom. The van der Waals surface area contributed by atoms with Gasteiger partial charge in [0.1, 0.15) is 5.75 Å². The molecule has 1 unspecified atom stereocenters. The van der Waals surface area contributed by atoms with Crippen LogP contribution in [0.5, 0.6) is 5.75 Å². The highest BCUT2D eigenvalue weighted by atomic mass is 16.5. The lowest BCUT2D eigenvalue weighted by Gasteiger charge is -2.24. The Kier molecular flexibility index (Phi) is 7.78. The van der Waals surface area contributed by atoms with Gasteiger partial charge >= 0.3 is 12.0 Å². The summed E-state index contributed by atoms with van der Waals surface area (Å²) in [6.45, 7) is 9.15. The molecule has 0 aliphatic heterocycles. The summed E-state index contributed by atoms with van der Waals surface area (Å²) in [6.07, 6.45) is 2.11. The molecule has 0 saturated heterocycles. The van der Waals surface area contributed by atoms with Crippen molar-refractivity contribution in [2.75, 3.05) is 20.3 Å². The molecule has 1 N–H and O–H groups in total. The molecule has 6 nitrogen and oxygen atoms in total. The molecular weight excluding hydrogens is 404 g/mol. The van der Waals surface area contributed by atoms with Crippen LogP contribution in [0.4, 0.5) is 4.79 Å². The molecule has 3 rings (SSSR count). The maximum absolute atomic E-state index is 12.7. The van der Waals surface area contributed by atoms with Gasteiger partial charge in [0.2, 0.25) is 0 Å². The van der Waals surface area contributed by atoms with E-state index in [-0.39, 0.29) is 17.9 Å². The van der Waals surface area contributed by atoms with Crippen molar-refractivity contribution in [3.63, 3.8) is 0 Å². The summed E-state index contributed by atoms with van der Waals surface area (Å²) in [5, 5.41) is 3.08. The number of rotatable bonds is 9. The van der Waals surface area contributed by atoms with E-state index in [1.165, 1.54) is 0 Å². The number of hydrogen-bond donors (Lipinski definition) is 1. The first-order chi connectivity index (χ1) is 15.4. The topological polar surface area (TPSA) is 67.9 Å². The third kappa shape index (κ3) is 5.61. The van der Waals surface area contributed by atoms with Gasteiger partial charge in [-0.1, -0.05) is 29.8 Å². The second-order valence-electron chi connectivity index (χ2n) is 8.33. The van der Waals surface area contributed by atoms with E-state index in [1.807, 2.05) is 50.8 Å². The van der Waals surface area contributed by atoms with Gasteiger partial charge in [0.15, 0.2) is 0 Å². The highest BCUT2D eigenvalue weighted by Gasteiger charge is 2.26. The number of carbonyl (C=O) groups is 2. The van der Waals surface area contributed by atoms with Crippen molar-refractivity contribution in [3.05, 3.63) is 53.1 Å². The second-order valence-corrected chi connectivity index (χ2v) is 8.33. The Hall–Kier alpha value is -3.02. The molecule has 1 aliphatic rings. The van der Waals surface area contributed by atoms with E-state index in [9.17, 15) is 9.59 Å². The number of amides is 2. The molecule has 1 saturated carbocycles. The Morgan fingerprint density at radius 2 is 1.88 bits per heavy atom. The Labute approximate surface area is 190 Å². The van der Waals surface area contributed by atoms with Crippen LogP contribution in [0.25, 0.3) is 11.1 Å². The lowest BCUT2D eigenvalue weighted by molar-refractivity contribution is -0.144. The van der Waals surface area contributed by atoms with Crippen molar-refractivity contribution in [1.82, 2.24) is 10.2 Å². The van der Waals surface area contributed by atoms with Crippen molar-refractivity contribution in [2.45, 2.75) is 59.0 Å². The predicted molar refractivity (Wildman–Crippen MR) is 126 cm³/mol. The molecule has 1 aliphatic carbocycles. The first-order valence-corrected chi connectivity index (χ1v) is 11.4. The average Bonchev–Trinajstić information content (AvgIpc) is 3.60. The predicted octanol–water partition coefficient (Wildman–Crippen LogP) is 5.03. The van der Waals surface area contributed by atoms with Crippen LogP contribution >= 0.6 is 0 Å². The first kappa shape index (κ1) is 23.6. The second kappa shape index (κ2) is 10.5. The zero-order valence-corrected chi connectivity index (χ0v) is 19.7. The summed E-state index contributed by atoms with van der Waals surface area (Å²) in [7, 11) is 1.64. The van der Waals surface area contributed by atoms with Crippen LogP contribution in [0.2, 0.25) is 0 Å². The van der Waals surface area contributed by atoms with Gasteiger partial charge in [0, 0.05) is 24.7 Å². The van der Waals surface area contributed by atoms with Gasteiger partial charge < -0.3 is 19.7 Å². The Balaban J connectivity index is 1.98. The van der Waals surface area contributed by atoms with Gasteiger partial charge in [-0.3, -0.25) is 4.79 Å². The maximum Gasteiger partial charge on any atom is 0.317 e. The maximum atomic E-state index is 12.7. The summed E-state index contributed by atoms with van der Waals surface area (Å²) in [5.41, 5.74) is 4.91. The fourth-order valence-electron chi connectivity index (χ4n) is 3.75. The van der Waals surface area contributed by atoms with Crippen LogP contribution in [0.15, 0.2) is 36.4 Å². The van der Waals surface area contributed by atoms with Crippen LogP contribution in [-0.4, -0.2) is 43.2 Å².